The zero-order chi connectivity index (χ0) is 18.3. The molecule has 2 aromatic rings. The van der Waals surface area contributed by atoms with Crippen molar-refractivity contribution in [1.82, 2.24) is 10.2 Å². The van der Waals surface area contributed by atoms with Gasteiger partial charge in [-0.2, -0.15) is 0 Å². The standard InChI is InChI=1S/C21H22N2O2S/c1-21(17-9-8-15-4-3-5-16(15)12-17)19(24)23(20(25)22-21)13-14-6-10-18(26-2)11-7-14/h6-12H,3-5,13H2,1-2H3,(H,22,25)/t21-/m0/s1. The van der Waals surface area contributed by atoms with Gasteiger partial charge in [0.05, 0.1) is 6.54 Å². The zero-order valence-electron chi connectivity index (χ0n) is 15.0. The third-order valence-corrected chi connectivity index (χ3v) is 6.19. The van der Waals surface area contributed by atoms with Gasteiger partial charge >= 0.3 is 6.03 Å². The van der Waals surface area contributed by atoms with Gasteiger partial charge in [-0.15, -0.1) is 11.8 Å². The number of amides is 3. The molecule has 0 spiro atoms. The summed E-state index contributed by atoms with van der Waals surface area (Å²) < 4.78 is 0. The number of urea groups is 1. The van der Waals surface area contributed by atoms with E-state index in [1.165, 1.54) is 16.0 Å². The third-order valence-electron chi connectivity index (χ3n) is 5.45. The van der Waals surface area contributed by atoms with Crippen molar-refractivity contribution in [1.29, 1.82) is 0 Å². The number of fused-ring (bicyclic) bond motifs is 1. The van der Waals surface area contributed by atoms with Crippen LogP contribution in [0.15, 0.2) is 47.4 Å². The molecule has 5 heteroatoms. The second kappa shape index (κ2) is 6.47. The fourth-order valence-corrected chi connectivity index (χ4v) is 4.24. The number of hydrogen-bond acceptors (Lipinski definition) is 3. The Bertz CT molecular complexity index is 878. The van der Waals surface area contributed by atoms with E-state index in [0.29, 0.717) is 6.54 Å². The molecule has 1 aliphatic heterocycles. The second-order valence-electron chi connectivity index (χ2n) is 7.13. The van der Waals surface area contributed by atoms with Crippen molar-refractivity contribution in [3.05, 3.63) is 64.7 Å². The molecule has 4 rings (SSSR count). The van der Waals surface area contributed by atoms with Gasteiger partial charge in [0, 0.05) is 4.90 Å². The maximum atomic E-state index is 13.1. The summed E-state index contributed by atoms with van der Waals surface area (Å²) in [5, 5.41) is 2.91. The number of nitrogens with zero attached hydrogens (tertiary/aromatic N) is 1. The molecular weight excluding hydrogens is 344 g/mol. The second-order valence-corrected chi connectivity index (χ2v) is 8.01. The maximum absolute atomic E-state index is 13.1. The van der Waals surface area contributed by atoms with Crippen molar-refractivity contribution >= 4 is 23.7 Å². The Hall–Kier alpha value is -2.27. The van der Waals surface area contributed by atoms with Crippen LogP contribution in [0.2, 0.25) is 0 Å². The van der Waals surface area contributed by atoms with E-state index in [0.717, 1.165) is 35.3 Å². The van der Waals surface area contributed by atoms with Gasteiger partial charge in [-0.25, -0.2) is 4.79 Å². The van der Waals surface area contributed by atoms with Crippen LogP contribution in [-0.4, -0.2) is 23.1 Å². The predicted octanol–water partition coefficient (Wildman–Crippen LogP) is 3.86. The smallest absolute Gasteiger partial charge is 0.319 e. The van der Waals surface area contributed by atoms with Gasteiger partial charge in [-0.1, -0.05) is 30.3 Å². The summed E-state index contributed by atoms with van der Waals surface area (Å²) in [4.78, 5) is 28.1. The summed E-state index contributed by atoms with van der Waals surface area (Å²) in [5.41, 5.74) is 3.49. The summed E-state index contributed by atoms with van der Waals surface area (Å²) in [6, 6.07) is 13.8. The van der Waals surface area contributed by atoms with E-state index in [2.05, 4.69) is 17.4 Å². The molecule has 0 unspecified atom stereocenters. The Labute approximate surface area is 158 Å². The Morgan fingerprint density at radius 3 is 2.54 bits per heavy atom. The molecule has 1 N–H and O–H groups in total. The van der Waals surface area contributed by atoms with Crippen LogP contribution >= 0.6 is 11.8 Å². The minimum atomic E-state index is -0.992. The molecule has 26 heavy (non-hydrogen) atoms. The number of thioether (sulfide) groups is 1. The van der Waals surface area contributed by atoms with E-state index < -0.39 is 5.54 Å². The molecule has 1 saturated heterocycles. The lowest BCUT2D eigenvalue weighted by atomic mass is 9.89. The Morgan fingerprint density at radius 1 is 1.08 bits per heavy atom. The van der Waals surface area contributed by atoms with E-state index in [1.807, 2.05) is 36.6 Å². The normalized spacial score (nSPS) is 21.8. The molecule has 134 valence electrons. The number of nitrogens with one attached hydrogen (secondary N) is 1. The molecule has 1 atom stereocenters. The summed E-state index contributed by atoms with van der Waals surface area (Å²) in [7, 11) is 0. The van der Waals surface area contributed by atoms with Crippen molar-refractivity contribution in [3.8, 4) is 0 Å². The molecule has 0 bridgehead atoms. The highest BCUT2D eigenvalue weighted by Gasteiger charge is 2.49. The fraction of sp³-hybridized carbons (Fsp3) is 0.333. The van der Waals surface area contributed by atoms with E-state index in [-0.39, 0.29) is 11.9 Å². The van der Waals surface area contributed by atoms with Crippen LogP contribution in [0.4, 0.5) is 4.79 Å². The van der Waals surface area contributed by atoms with Gasteiger partial charge in [0.15, 0.2) is 0 Å². The monoisotopic (exact) mass is 366 g/mol. The Morgan fingerprint density at radius 2 is 1.81 bits per heavy atom. The zero-order valence-corrected chi connectivity index (χ0v) is 15.9. The molecule has 2 aliphatic rings. The quantitative estimate of drug-likeness (QED) is 0.660. The number of rotatable bonds is 4. The van der Waals surface area contributed by atoms with E-state index in [9.17, 15) is 9.59 Å². The highest BCUT2D eigenvalue weighted by Crippen LogP contribution is 2.33. The highest BCUT2D eigenvalue weighted by molar-refractivity contribution is 7.98. The minimum absolute atomic E-state index is 0.186. The molecule has 4 nitrogen and oxygen atoms in total. The van der Waals surface area contributed by atoms with E-state index in [1.54, 1.807) is 18.7 Å². The summed E-state index contributed by atoms with van der Waals surface area (Å²) in [5.74, 6) is -0.186. The van der Waals surface area contributed by atoms with Gasteiger partial charge in [0.25, 0.3) is 5.91 Å². The van der Waals surface area contributed by atoms with Crippen LogP contribution in [0.3, 0.4) is 0 Å². The average molecular weight is 366 g/mol. The topological polar surface area (TPSA) is 49.4 Å². The van der Waals surface area contributed by atoms with Crippen molar-refractivity contribution < 1.29 is 9.59 Å². The fourth-order valence-electron chi connectivity index (χ4n) is 3.83. The van der Waals surface area contributed by atoms with Crippen LogP contribution in [0.1, 0.15) is 35.6 Å². The van der Waals surface area contributed by atoms with Crippen LogP contribution in [-0.2, 0) is 29.7 Å². The number of carbonyl (C=O) groups is 2. The summed E-state index contributed by atoms with van der Waals surface area (Å²) in [6.45, 7) is 2.10. The van der Waals surface area contributed by atoms with Gasteiger partial charge in [-0.05, 0) is 66.8 Å². The van der Waals surface area contributed by atoms with Crippen LogP contribution in [0.25, 0.3) is 0 Å². The molecule has 1 fully saturated rings. The first-order chi connectivity index (χ1) is 12.5. The van der Waals surface area contributed by atoms with Crippen molar-refractivity contribution in [3.63, 3.8) is 0 Å². The van der Waals surface area contributed by atoms with Gasteiger partial charge < -0.3 is 5.32 Å². The average Bonchev–Trinajstić information content (AvgIpc) is 3.21. The van der Waals surface area contributed by atoms with E-state index >= 15 is 0 Å². The van der Waals surface area contributed by atoms with E-state index in [4.69, 9.17) is 0 Å². The Kier molecular flexibility index (Phi) is 4.27. The van der Waals surface area contributed by atoms with Crippen molar-refractivity contribution in [2.24, 2.45) is 0 Å². The van der Waals surface area contributed by atoms with Crippen molar-refractivity contribution in [2.75, 3.05) is 6.26 Å². The predicted molar refractivity (Wildman–Crippen MR) is 103 cm³/mol. The molecular formula is C21H22N2O2S. The summed E-state index contributed by atoms with van der Waals surface area (Å²) >= 11 is 1.67. The first-order valence-corrected chi connectivity index (χ1v) is 10.1. The third kappa shape index (κ3) is 2.80. The number of hydrogen-bond donors (Lipinski definition) is 1. The first kappa shape index (κ1) is 17.2. The molecule has 0 radical (unpaired) electrons. The van der Waals surface area contributed by atoms with Crippen molar-refractivity contribution in [2.45, 2.75) is 43.2 Å². The number of carbonyl (C=O) groups excluding carboxylic acids is 2. The number of benzene rings is 2. The maximum Gasteiger partial charge on any atom is 0.325 e. The van der Waals surface area contributed by atoms with Crippen LogP contribution in [0.5, 0.6) is 0 Å². The number of imide groups is 1. The molecule has 0 aromatic heterocycles. The molecule has 1 heterocycles. The molecule has 1 aliphatic carbocycles. The molecule has 3 amide bonds. The largest absolute Gasteiger partial charge is 0.325 e. The lowest BCUT2D eigenvalue weighted by molar-refractivity contribution is -0.131. The SMILES string of the molecule is CSc1ccc(CN2C(=O)N[C@@](C)(c3ccc4c(c3)CCC4)C2=O)cc1. The van der Waals surface area contributed by atoms with Crippen LogP contribution < -0.4 is 5.32 Å². The van der Waals surface area contributed by atoms with Gasteiger partial charge in [-0.3, -0.25) is 9.69 Å². The summed E-state index contributed by atoms with van der Waals surface area (Å²) in [6.07, 6.45) is 5.33. The highest BCUT2D eigenvalue weighted by atomic mass is 32.2. The molecule has 0 saturated carbocycles. The molecule has 2 aromatic carbocycles. The number of aryl methyl sites for hydroxylation is 2. The lowest BCUT2D eigenvalue weighted by Gasteiger charge is -2.23. The minimum Gasteiger partial charge on any atom is -0.319 e. The van der Waals surface area contributed by atoms with Gasteiger partial charge in [0.1, 0.15) is 5.54 Å². The Balaban J connectivity index is 1.59. The lowest BCUT2D eigenvalue weighted by Crippen LogP contribution is -2.40. The van der Waals surface area contributed by atoms with Crippen LogP contribution in [0, 0.1) is 0 Å². The van der Waals surface area contributed by atoms with Gasteiger partial charge in [0.2, 0.25) is 0 Å². The first-order valence-electron chi connectivity index (χ1n) is 8.90.